The van der Waals surface area contributed by atoms with Crippen LogP contribution in [0.2, 0.25) is 0 Å². The highest BCUT2D eigenvalue weighted by Crippen LogP contribution is 2.41. The molecule has 0 saturated heterocycles. The summed E-state index contributed by atoms with van der Waals surface area (Å²) in [5.74, 6) is -0.558. The fraction of sp³-hybridized carbons (Fsp3) is 0.133. The van der Waals surface area contributed by atoms with Crippen LogP contribution in [-0.4, -0.2) is 25.0 Å². The minimum Gasteiger partial charge on any atom is -0.494 e. The van der Waals surface area contributed by atoms with Crippen molar-refractivity contribution >= 4 is 22.6 Å². The third kappa shape index (κ3) is 1.90. The van der Waals surface area contributed by atoms with Crippen LogP contribution in [-0.2, 0) is 0 Å². The lowest BCUT2D eigenvalue weighted by Crippen LogP contribution is -2.12. The molecule has 3 rings (SSSR count). The Morgan fingerprint density at radius 3 is 2.82 bits per heavy atom. The van der Waals surface area contributed by atoms with Crippen LogP contribution in [0.4, 0.5) is 10.2 Å². The molecule has 0 spiro atoms. The topological polar surface area (TPSA) is 93.3 Å². The summed E-state index contributed by atoms with van der Waals surface area (Å²) in [6, 6.07) is 2.99. The van der Waals surface area contributed by atoms with E-state index in [1.165, 1.54) is 25.7 Å². The SMILES string of the molecule is CNc1[nH]c2c(OC)c(-c3ccoc3)cc(F)c2c1C(N)=O. The van der Waals surface area contributed by atoms with Gasteiger partial charge in [-0.05, 0) is 12.1 Å². The van der Waals surface area contributed by atoms with Gasteiger partial charge in [0, 0.05) is 18.2 Å². The predicted octanol–water partition coefficient (Wildman–Crippen LogP) is 2.72. The van der Waals surface area contributed by atoms with Gasteiger partial charge in [-0.1, -0.05) is 0 Å². The Hall–Kier alpha value is -2.96. The number of carbonyl (C=O) groups excluding carboxylic acids is 1. The zero-order valence-electron chi connectivity index (χ0n) is 12.0. The summed E-state index contributed by atoms with van der Waals surface area (Å²) in [5, 5.41) is 2.90. The Morgan fingerprint density at radius 1 is 1.50 bits per heavy atom. The van der Waals surface area contributed by atoms with Crippen molar-refractivity contribution in [3.05, 3.63) is 36.0 Å². The number of anilines is 1. The van der Waals surface area contributed by atoms with E-state index in [2.05, 4.69) is 10.3 Å². The smallest absolute Gasteiger partial charge is 0.253 e. The lowest BCUT2D eigenvalue weighted by Gasteiger charge is -2.09. The first kappa shape index (κ1) is 14.0. The van der Waals surface area contributed by atoms with Gasteiger partial charge in [0.2, 0.25) is 0 Å². The van der Waals surface area contributed by atoms with Gasteiger partial charge >= 0.3 is 0 Å². The van der Waals surface area contributed by atoms with Gasteiger partial charge in [0.15, 0.2) is 5.75 Å². The van der Waals surface area contributed by atoms with E-state index in [1.807, 2.05) is 0 Å². The van der Waals surface area contributed by atoms with Crippen molar-refractivity contribution in [2.75, 3.05) is 19.5 Å². The molecular weight excluding hydrogens is 289 g/mol. The number of amides is 1. The van der Waals surface area contributed by atoms with Crippen molar-refractivity contribution < 1.29 is 18.3 Å². The molecule has 0 atom stereocenters. The maximum atomic E-state index is 14.6. The molecule has 1 aromatic carbocycles. The molecule has 0 unspecified atom stereocenters. The van der Waals surface area contributed by atoms with Crippen LogP contribution in [0.1, 0.15) is 10.4 Å². The molecule has 0 bridgehead atoms. The van der Waals surface area contributed by atoms with Gasteiger partial charge in [0.25, 0.3) is 5.91 Å². The van der Waals surface area contributed by atoms with Crippen LogP contribution < -0.4 is 15.8 Å². The van der Waals surface area contributed by atoms with Crippen molar-refractivity contribution in [3.8, 4) is 16.9 Å². The van der Waals surface area contributed by atoms with Crippen molar-refractivity contribution in [2.45, 2.75) is 0 Å². The zero-order chi connectivity index (χ0) is 15.9. The molecule has 22 heavy (non-hydrogen) atoms. The summed E-state index contributed by atoms with van der Waals surface area (Å²) in [5.41, 5.74) is 6.97. The molecule has 0 radical (unpaired) electrons. The number of rotatable bonds is 4. The summed E-state index contributed by atoms with van der Waals surface area (Å²) in [6.07, 6.45) is 2.97. The fourth-order valence-electron chi connectivity index (χ4n) is 2.59. The maximum absolute atomic E-state index is 14.6. The Labute approximate surface area is 125 Å². The molecule has 6 nitrogen and oxygen atoms in total. The first-order valence-electron chi connectivity index (χ1n) is 6.50. The summed E-state index contributed by atoms with van der Waals surface area (Å²) < 4.78 is 25.0. The number of nitrogens with one attached hydrogen (secondary N) is 2. The minimum absolute atomic E-state index is 0.0621. The molecule has 2 heterocycles. The maximum Gasteiger partial charge on any atom is 0.253 e. The van der Waals surface area contributed by atoms with E-state index in [1.54, 1.807) is 13.1 Å². The molecule has 1 amide bonds. The number of aromatic amines is 1. The average molecular weight is 303 g/mol. The van der Waals surface area contributed by atoms with Gasteiger partial charge in [-0.2, -0.15) is 0 Å². The van der Waals surface area contributed by atoms with E-state index in [9.17, 15) is 9.18 Å². The van der Waals surface area contributed by atoms with Gasteiger partial charge in [0.1, 0.15) is 11.6 Å². The van der Waals surface area contributed by atoms with Gasteiger partial charge < -0.3 is 25.2 Å². The number of aromatic nitrogens is 1. The van der Waals surface area contributed by atoms with Gasteiger partial charge in [0.05, 0.1) is 36.1 Å². The molecule has 2 aromatic heterocycles. The number of furan rings is 1. The Kier molecular flexibility index (Phi) is 3.25. The number of primary amides is 1. The molecule has 0 aliphatic rings. The minimum atomic E-state index is -0.729. The highest BCUT2D eigenvalue weighted by molar-refractivity contribution is 6.13. The highest BCUT2D eigenvalue weighted by Gasteiger charge is 2.24. The van der Waals surface area contributed by atoms with Crippen molar-refractivity contribution in [3.63, 3.8) is 0 Å². The average Bonchev–Trinajstić information content (AvgIpc) is 3.14. The summed E-state index contributed by atoms with van der Waals surface area (Å²) in [4.78, 5) is 14.6. The second-order valence-corrected chi connectivity index (χ2v) is 4.69. The number of benzene rings is 1. The number of carbonyl (C=O) groups is 1. The number of nitrogens with two attached hydrogens (primary N) is 1. The molecule has 0 aliphatic heterocycles. The Bertz CT molecular complexity index is 853. The van der Waals surface area contributed by atoms with Gasteiger partial charge in [-0.25, -0.2) is 4.39 Å². The van der Waals surface area contributed by atoms with E-state index in [-0.39, 0.29) is 10.9 Å². The van der Waals surface area contributed by atoms with E-state index < -0.39 is 11.7 Å². The van der Waals surface area contributed by atoms with Crippen LogP contribution in [0.15, 0.2) is 29.1 Å². The van der Waals surface area contributed by atoms with E-state index in [0.29, 0.717) is 28.2 Å². The van der Waals surface area contributed by atoms with Gasteiger partial charge in [-0.15, -0.1) is 0 Å². The van der Waals surface area contributed by atoms with Crippen molar-refractivity contribution in [1.82, 2.24) is 4.98 Å². The number of methoxy groups -OCH3 is 1. The normalized spacial score (nSPS) is 10.9. The molecule has 0 fully saturated rings. The Morgan fingerprint density at radius 2 is 2.27 bits per heavy atom. The third-order valence-corrected chi connectivity index (χ3v) is 3.51. The largest absolute Gasteiger partial charge is 0.494 e. The summed E-state index contributed by atoms with van der Waals surface area (Å²) >= 11 is 0. The molecule has 4 N–H and O–H groups in total. The molecule has 3 aromatic rings. The standard InChI is InChI=1S/C15H14FN3O3/c1-18-15-11(14(17)20)10-9(16)5-8(7-3-4-22-6-7)13(21-2)12(10)19-15/h3-6,18-19H,1-2H3,(H2,17,20). The third-order valence-electron chi connectivity index (χ3n) is 3.51. The van der Waals surface area contributed by atoms with E-state index in [4.69, 9.17) is 14.9 Å². The van der Waals surface area contributed by atoms with Crippen molar-refractivity contribution in [2.24, 2.45) is 5.73 Å². The lowest BCUT2D eigenvalue weighted by molar-refractivity contribution is 0.100. The zero-order valence-corrected chi connectivity index (χ0v) is 12.0. The van der Waals surface area contributed by atoms with Gasteiger partial charge in [-0.3, -0.25) is 4.79 Å². The number of hydrogen-bond acceptors (Lipinski definition) is 4. The molecule has 7 heteroatoms. The number of fused-ring (bicyclic) bond motifs is 1. The van der Waals surface area contributed by atoms with Crippen molar-refractivity contribution in [1.29, 1.82) is 0 Å². The van der Waals surface area contributed by atoms with E-state index >= 15 is 0 Å². The molecule has 114 valence electrons. The first-order chi connectivity index (χ1) is 10.6. The molecule has 0 aliphatic carbocycles. The van der Waals surface area contributed by atoms with Crippen LogP contribution in [0, 0.1) is 5.82 Å². The monoisotopic (exact) mass is 303 g/mol. The number of ether oxygens (including phenoxy) is 1. The lowest BCUT2D eigenvalue weighted by atomic mass is 10.0. The van der Waals surface area contributed by atoms with Crippen LogP contribution in [0.25, 0.3) is 22.0 Å². The number of hydrogen-bond donors (Lipinski definition) is 3. The summed E-state index contributed by atoms with van der Waals surface area (Å²) in [6.45, 7) is 0. The molecular formula is C15H14FN3O3. The van der Waals surface area contributed by atoms with Crippen LogP contribution in [0.5, 0.6) is 5.75 Å². The summed E-state index contributed by atoms with van der Waals surface area (Å²) in [7, 11) is 3.08. The fourth-order valence-corrected chi connectivity index (χ4v) is 2.59. The number of H-pyrrole nitrogens is 1. The van der Waals surface area contributed by atoms with E-state index in [0.717, 1.165) is 0 Å². The molecule has 0 saturated carbocycles. The first-order valence-corrected chi connectivity index (χ1v) is 6.50. The number of halogens is 1. The second kappa shape index (κ2) is 5.10. The second-order valence-electron chi connectivity index (χ2n) is 4.69. The quantitative estimate of drug-likeness (QED) is 0.691. The van der Waals surface area contributed by atoms with Crippen LogP contribution in [0.3, 0.4) is 0 Å². The Balaban J connectivity index is 2.43. The van der Waals surface area contributed by atoms with Crippen LogP contribution >= 0.6 is 0 Å². The predicted molar refractivity (Wildman–Crippen MR) is 80.6 cm³/mol. The highest BCUT2D eigenvalue weighted by atomic mass is 19.1.